The van der Waals surface area contributed by atoms with E-state index in [1.165, 1.54) is 5.56 Å². The molecule has 0 radical (unpaired) electrons. The average molecular weight is 332 g/mol. The van der Waals surface area contributed by atoms with Gasteiger partial charge in [0.2, 0.25) is 0 Å². The van der Waals surface area contributed by atoms with Crippen molar-refractivity contribution in [1.29, 1.82) is 0 Å². The Morgan fingerprint density at radius 1 is 0.786 bits per heavy atom. The van der Waals surface area contributed by atoms with Crippen molar-refractivity contribution in [3.05, 3.63) is 35.9 Å². The van der Waals surface area contributed by atoms with Gasteiger partial charge in [-0.1, -0.05) is 30.3 Å². The molecule has 0 aromatic heterocycles. The summed E-state index contributed by atoms with van der Waals surface area (Å²) in [7, 11) is 0. The second kappa shape index (κ2) is 22.9. The molecule has 0 atom stereocenters. The first-order valence-electron chi connectivity index (χ1n) is 2.67. The minimum atomic E-state index is 0. The van der Waals surface area contributed by atoms with Crippen LogP contribution in [-0.4, -0.2) is 24.4 Å². The molecule has 0 amide bonds. The molecule has 1 nitrogen and oxygen atoms in total. The molecule has 0 aliphatic carbocycles. The van der Waals surface area contributed by atoms with Crippen LogP contribution in [0.5, 0.6) is 0 Å². The SMILES string of the molecule is F.F.F.F.F.NCc1ccccc1.[SbH3]. The van der Waals surface area contributed by atoms with Crippen LogP contribution in [0.15, 0.2) is 30.3 Å². The molecule has 1 rings (SSSR count). The molecule has 2 N–H and O–H groups in total. The van der Waals surface area contributed by atoms with Gasteiger partial charge in [-0.2, -0.15) is 0 Å². The Balaban J connectivity index is -0.0000000267. The third kappa shape index (κ3) is 14.2. The summed E-state index contributed by atoms with van der Waals surface area (Å²) >= 11 is 0. The van der Waals surface area contributed by atoms with E-state index in [-0.39, 0.29) is 47.9 Å². The molecule has 0 spiro atoms. The molecule has 7 heteroatoms. The summed E-state index contributed by atoms with van der Waals surface area (Å²) in [6, 6.07) is 9.99. The third-order valence-electron chi connectivity index (χ3n) is 1.08. The van der Waals surface area contributed by atoms with Crippen LogP contribution in [0.2, 0.25) is 0 Å². The summed E-state index contributed by atoms with van der Waals surface area (Å²) in [6.07, 6.45) is 0. The normalized spacial score (nSPS) is 5.21. The summed E-state index contributed by atoms with van der Waals surface area (Å²) < 4.78 is 0. The van der Waals surface area contributed by atoms with E-state index < -0.39 is 0 Å². The second-order valence-electron chi connectivity index (χ2n) is 1.69. The molecule has 0 aliphatic heterocycles. The van der Waals surface area contributed by atoms with Crippen LogP contribution in [-0.2, 0) is 6.54 Å². The van der Waals surface area contributed by atoms with E-state index in [1.54, 1.807) is 0 Å². The molecular weight excluding hydrogens is 315 g/mol. The number of hydrogen-bond acceptors (Lipinski definition) is 1. The zero-order chi connectivity index (χ0) is 5.82. The van der Waals surface area contributed by atoms with Gasteiger partial charge in [0.15, 0.2) is 0 Å². The molecule has 90 valence electrons. The molecule has 0 bridgehead atoms. The third-order valence-corrected chi connectivity index (χ3v) is 1.08. The molecule has 0 heterocycles. The van der Waals surface area contributed by atoms with E-state index in [9.17, 15) is 0 Å². The standard InChI is InChI=1S/C7H9N.5FH.Sb.3H/c8-6-7-4-2-1-3-5-7;;;;;;;;;/h1-5H,6,8H2;5*1H;;;;. The van der Waals surface area contributed by atoms with Gasteiger partial charge in [0.25, 0.3) is 0 Å². The first kappa shape index (κ1) is 37.3. The zero-order valence-corrected chi connectivity index (χ0v) is 11.5. The van der Waals surface area contributed by atoms with Crippen LogP contribution >= 0.6 is 0 Å². The Kier molecular flexibility index (Phi) is 61.2. The average Bonchev–Trinajstić information content (AvgIpc) is 1.90. The Morgan fingerprint density at radius 3 is 1.36 bits per heavy atom. The van der Waals surface area contributed by atoms with E-state index >= 15 is 0 Å². The summed E-state index contributed by atoms with van der Waals surface area (Å²) in [5.41, 5.74) is 6.54. The zero-order valence-electron chi connectivity index (χ0n) is 7.42. The van der Waals surface area contributed by atoms with Gasteiger partial charge in [0.1, 0.15) is 0 Å². The summed E-state index contributed by atoms with van der Waals surface area (Å²) in [5.74, 6) is 0. The summed E-state index contributed by atoms with van der Waals surface area (Å²) in [4.78, 5) is 0. The molecule has 0 saturated carbocycles. The predicted octanol–water partition coefficient (Wildman–Crippen LogP) is 0.724. The van der Waals surface area contributed by atoms with Gasteiger partial charge in [-0.05, 0) is 5.56 Å². The van der Waals surface area contributed by atoms with Gasteiger partial charge < -0.3 is 5.73 Å². The van der Waals surface area contributed by atoms with Gasteiger partial charge in [-0.3, -0.25) is 23.5 Å². The van der Waals surface area contributed by atoms with Crippen molar-refractivity contribution >= 4 is 24.4 Å². The van der Waals surface area contributed by atoms with E-state index in [0.717, 1.165) is 0 Å². The van der Waals surface area contributed by atoms with Crippen molar-refractivity contribution in [2.24, 2.45) is 5.73 Å². The Morgan fingerprint density at radius 2 is 1.14 bits per heavy atom. The fraction of sp³-hybridized carbons (Fsp3) is 0.143. The van der Waals surface area contributed by atoms with E-state index in [4.69, 9.17) is 5.73 Å². The van der Waals surface area contributed by atoms with Crippen LogP contribution in [0.25, 0.3) is 0 Å². The van der Waals surface area contributed by atoms with Crippen molar-refractivity contribution < 1.29 is 23.5 Å². The molecule has 0 saturated heterocycles. The summed E-state index contributed by atoms with van der Waals surface area (Å²) in [5, 5.41) is 0. The molecule has 14 heavy (non-hydrogen) atoms. The van der Waals surface area contributed by atoms with E-state index in [2.05, 4.69) is 0 Å². The van der Waals surface area contributed by atoms with E-state index in [0.29, 0.717) is 6.54 Å². The van der Waals surface area contributed by atoms with Crippen molar-refractivity contribution in [3.8, 4) is 0 Å². The first-order valence-corrected chi connectivity index (χ1v) is 2.67. The van der Waals surface area contributed by atoms with Crippen LogP contribution < -0.4 is 5.73 Å². The number of benzene rings is 1. The maximum atomic E-state index is 5.35. The fourth-order valence-electron chi connectivity index (χ4n) is 0.614. The molecule has 0 aliphatic rings. The van der Waals surface area contributed by atoms with Gasteiger partial charge in [-0.15, -0.1) is 0 Å². The molecule has 0 fully saturated rings. The van der Waals surface area contributed by atoms with Crippen LogP contribution in [0.4, 0.5) is 23.5 Å². The van der Waals surface area contributed by atoms with Gasteiger partial charge >= 0.3 is 24.4 Å². The quantitative estimate of drug-likeness (QED) is 0.596. The number of halogens is 5. The Bertz CT molecular complexity index is 163. The van der Waals surface area contributed by atoms with Gasteiger partial charge in [0, 0.05) is 6.54 Å². The van der Waals surface area contributed by atoms with E-state index in [1.807, 2.05) is 30.3 Å². The Labute approximate surface area is 96.4 Å². The van der Waals surface area contributed by atoms with Gasteiger partial charge in [-0.25, -0.2) is 0 Å². The Hall–Kier alpha value is -0.352. The predicted molar refractivity (Wildman–Crippen MR) is 56.8 cm³/mol. The van der Waals surface area contributed by atoms with Crippen LogP contribution in [0.1, 0.15) is 5.56 Å². The van der Waals surface area contributed by atoms with Crippen LogP contribution in [0, 0.1) is 0 Å². The van der Waals surface area contributed by atoms with Crippen molar-refractivity contribution in [1.82, 2.24) is 0 Å². The minimum absolute atomic E-state index is 0. The fourth-order valence-corrected chi connectivity index (χ4v) is 0.614. The monoisotopic (exact) mass is 331 g/mol. The van der Waals surface area contributed by atoms with Crippen LogP contribution in [0.3, 0.4) is 0 Å². The summed E-state index contributed by atoms with van der Waals surface area (Å²) in [6.45, 7) is 0.640. The molecule has 1 aromatic rings. The molecule has 0 unspecified atom stereocenters. The van der Waals surface area contributed by atoms with Crippen molar-refractivity contribution in [2.45, 2.75) is 6.54 Å². The molecule has 1 aromatic carbocycles. The van der Waals surface area contributed by atoms with Gasteiger partial charge in [0.05, 0.1) is 0 Å². The topological polar surface area (TPSA) is 26.0 Å². The van der Waals surface area contributed by atoms with Crippen molar-refractivity contribution in [2.75, 3.05) is 0 Å². The van der Waals surface area contributed by atoms with Crippen molar-refractivity contribution in [3.63, 3.8) is 0 Å². The second-order valence-corrected chi connectivity index (χ2v) is 1.69. The number of nitrogens with two attached hydrogens (primary N) is 1. The number of rotatable bonds is 1. The first-order chi connectivity index (χ1) is 3.93. The maximum absolute atomic E-state index is 5.35. The number of hydrogen-bond donors (Lipinski definition) is 1. The molecular formula is C7H17F5NSb.